The molecule has 34 heavy (non-hydrogen) atoms. The molecule has 3 aromatic carbocycles. The van der Waals surface area contributed by atoms with E-state index in [1.165, 1.54) is 46.6 Å². The van der Waals surface area contributed by atoms with Gasteiger partial charge in [0.05, 0.1) is 51.3 Å². The van der Waals surface area contributed by atoms with Crippen LogP contribution in [-0.2, 0) is 14.6 Å². The minimum atomic E-state index is -4.00. The second-order valence-corrected chi connectivity index (χ2v) is 8.85. The van der Waals surface area contributed by atoms with Crippen molar-refractivity contribution in [2.45, 2.75) is 9.79 Å². The fraction of sp³-hybridized carbons (Fsp3) is 0.208. The van der Waals surface area contributed by atoms with E-state index in [4.69, 9.17) is 18.9 Å². The van der Waals surface area contributed by atoms with Gasteiger partial charge in [0.25, 0.3) is 0 Å². The van der Waals surface area contributed by atoms with Gasteiger partial charge in [-0.05, 0) is 36.4 Å². The molecule has 10 heteroatoms. The predicted octanol–water partition coefficient (Wildman–Crippen LogP) is 3.60. The first-order valence-corrected chi connectivity index (χ1v) is 11.6. The molecular weight excluding hydrogens is 460 g/mol. The van der Waals surface area contributed by atoms with Gasteiger partial charge in [-0.3, -0.25) is 4.79 Å². The summed E-state index contributed by atoms with van der Waals surface area (Å²) in [5, 5.41) is 5.64. The van der Waals surface area contributed by atoms with Gasteiger partial charge < -0.3 is 29.6 Å². The molecule has 0 saturated carbocycles. The second-order valence-electron chi connectivity index (χ2n) is 6.96. The Morgan fingerprint density at radius 3 is 2.09 bits per heavy atom. The molecule has 0 bridgehead atoms. The van der Waals surface area contributed by atoms with Crippen LogP contribution in [0.25, 0.3) is 0 Å². The molecule has 0 atom stereocenters. The Kier molecular flexibility index (Phi) is 7.85. The predicted molar refractivity (Wildman–Crippen MR) is 128 cm³/mol. The summed E-state index contributed by atoms with van der Waals surface area (Å²) in [4.78, 5) is 12.6. The maximum absolute atomic E-state index is 13.5. The highest BCUT2D eigenvalue weighted by molar-refractivity contribution is 7.91. The molecule has 0 radical (unpaired) electrons. The van der Waals surface area contributed by atoms with Crippen molar-refractivity contribution in [2.75, 3.05) is 45.6 Å². The van der Waals surface area contributed by atoms with Gasteiger partial charge in [0.1, 0.15) is 16.4 Å². The number of nitrogens with one attached hydrogen (secondary N) is 2. The van der Waals surface area contributed by atoms with E-state index in [9.17, 15) is 13.2 Å². The summed E-state index contributed by atoms with van der Waals surface area (Å²) in [7, 11) is 1.78. The molecular formula is C24H26N2O7S. The zero-order valence-corrected chi connectivity index (χ0v) is 20.1. The van der Waals surface area contributed by atoms with Gasteiger partial charge in [0.2, 0.25) is 15.7 Å². The van der Waals surface area contributed by atoms with Gasteiger partial charge in [0.15, 0.2) is 11.5 Å². The number of rotatable bonds is 10. The number of hydrogen-bond acceptors (Lipinski definition) is 8. The molecule has 0 fully saturated rings. The fourth-order valence-electron chi connectivity index (χ4n) is 3.29. The maximum atomic E-state index is 13.5. The van der Waals surface area contributed by atoms with Gasteiger partial charge in [-0.1, -0.05) is 18.2 Å². The molecule has 9 nitrogen and oxygen atoms in total. The summed E-state index contributed by atoms with van der Waals surface area (Å²) < 4.78 is 48.1. The third-order valence-corrected chi connectivity index (χ3v) is 6.78. The lowest BCUT2D eigenvalue weighted by Gasteiger charge is -2.18. The van der Waals surface area contributed by atoms with E-state index < -0.39 is 15.7 Å². The number of ether oxygens (including phenoxy) is 4. The molecule has 0 spiro atoms. The number of hydrogen-bond donors (Lipinski definition) is 2. The third kappa shape index (κ3) is 5.18. The fourth-order valence-corrected chi connectivity index (χ4v) is 4.90. The van der Waals surface area contributed by atoms with E-state index in [1.807, 2.05) is 0 Å². The highest BCUT2D eigenvalue weighted by atomic mass is 32.2. The molecule has 0 saturated heterocycles. The first kappa shape index (κ1) is 24.7. The summed E-state index contributed by atoms with van der Waals surface area (Å²) in [5.41, 5.74) is 0.637. The minimum Gasteiger partial charge on any atom is -0.497 e. The van der Waals surface area contributed by atoms with Crippen LogP contribution in [0.2, 0.25) is 0 Å². The smallest absolute Gasteiger partial charge is 0.243 e. The van der Waals surface area contributed by atoms with Crippen molar-refractivity contribution in [3.05, 3.63) is 60.7 Å². The van der Waals surface area contributed by atoms with E-state index in [1.54, 1.807) is 42.5 Å². The van der Waals surface area contributed by atoms with Crippen LogP contribution < -0.4 is 29.6 Å². The monoisotopic (exact) mass is 486 g/mol. The standard InChI is InChI=1S/C24H26N2O7S/c1-30-16-10-11-18(21(14-16)32-3)26-22(27)15-25-19-12-13-20(31-2)23(33-4)24(19)34(28,29)17-8-6-5-7-9-17/h5-14,25H,15H2,1-4H3,(H,26,27). The van der Waals surface area contributed by atoms with E-state index in [0.717, 1.165) is 0 Å². The number of carbonyl (C=O) groups excluding carboxylic acids is 1. The van der Waals surface area contributed by atoms with Crippen LogP contribution in [0.4, 0.5) is 11.4 Å². The van der Waals surface area contributed by atoms with Crippen LogP contribution in [0.3, 0.4) is 0 Å². The van der Waals surface area contributed by atoms with Crippen LogP contribution >= 0.6 is 0 Å². The average molecular weight is 487 g/mol. The van der Waals surface area contributed by atoms with E-state index in [0.29, 0.717) is 17.2 Å². The number of benzene rings is 3. The van der Waals surface area contributed by atoms with Gasteiger partial charge in [-0.25, -0.2) is 8.42 Å². The molecule has 1 amide bonds. The Bertz CT molecular complexity index is 1260. The average Bonchev–Trinajstić information content (AvgIpc) is 2.87. The number of carbonyl (C=O) groups is 1. The number of anilines is 2. The molecule has 0 aliphatic heterocycles. The first-order valence-electron chi connectivity index (χ1n) is 10.2. The van der Waals surface area contributed by atoms with Gasteiger partial charge in [-0.15, -0.1) is 0 Å². The van der Waals surface area contributed by atoms with Crippen molar-refractivity contribution >= 4 is 27.1 Å². The van der Waals surface area contributed by atoms with Crippen LogP contribution in [0.15, 0.2) is 70.5 Å². The second kappa shape index (κ2) is 10.8. The van der Waals surface area contributed by atoms with Crippen molar-refractivity contribution in [3.8, 4) is 23.0 Å². The van der Waals surface area contributed by atoms with Gasteiger partial charge in [0, 0.05) is 6.07 Å². The molecule has 0 heterocycles. The number of amides is 1. The van der Waals surface area contributed by atoms with Crippen LogP contribution in [0.5, 0.6) is 23.0 Å². The quantitative estimate of drug-likeness (QED) is 0.447. The van der Waals surface area contributed by atoms with Crippen molar-refractivity contribution in [2.24, 2.45) is 0 Å². The van der Waals surface area contributed by atoms with E-state index in [-0.39, 0.29) is 33.5 Å². The number of methoxy groups -OCH3 is 4. The Balaban J connectivity index is 1.91. The molecule has 3 rings (SSSR count). The molecule has 2 N–H and O–H groups in total. The van der Waals surface area contributed by atoms with Gasteiger partial charge in [-0.2, -0.15) is 0 Å². The summed E-state index contributed by atoms with van der Waals surface area (Å²) >= 11 is 0. The van der Waals surface area contributed by atoms with E-state index >= 15 is 0 Å². The topological polar surface area (TPSA) is 112 Å². The van der Waals surface area contributed by atoms with Crippen LogP contribution in [0.1, 0.15) is 0 Å². The highest BCUT2D eigenvalue weighted by Crippen LogP contribution is 2.42. The van der Waals surface area contributed by atoms with Crippen LogP contribution in [-0.4, -0.2) is 49.3 Å². The number of sulfone groups is 1. The molecule has 180 valence electrons. The Labute approximate surface area is 198 Å². The zero-order chi connectivity index (χ0) is 24.7. The maximum Gasteiger partial charge on any atom is 0.243 e. The first-order chi connectivity index (χ1) is 16.3. The van der Waals surface area contributed by atoms with Crippen molar-refractivity contribution < 1.29 is 32.2 Å². The van der Waals surface area contributed by atoms with E-state index in [2.05, 4.69) is 10.6 Å². The lowest BCUT2D eigenvalue weighted by atomic mass is 10.2. The summed E-state index contributed by atoms with van der Waals surface area (Å²) in [6.45, 7) is -0.220. The Hall–Kier alpha value is -3.92. The highest BCUT2D eigenvalue weighted by Gasteiger charge is 2.29. The SMILES string of the molecule is COc1ccc(NC(=O)CNc2ccc(OC)c(OC)c2S(=O)(=O)c2ccccc2)c(OC)c1. The van der Waals surface area contributed by atoms with Crippen molar-refractivity contribution in [1.29, 1.82) is 0 Å². The molecule has 0 aliphatic rings. The lowest BCUT2D eigenvalue weighted by molar-refractivity contribution is -0.114. The molecule has 0 unspecified atom stereocenters. The van der Waals surface area contributed by atoms with Crippen LogP contribution in [0, 0.1) is 0 Å². The summed E-state index contributed by atoms with van der Waals surface area (Å²) in [5.74, 6) is 0.866. The summed E-state index contributed by atoms with van der Waals surface area (Å²) in [6.07, 6.45) is 0. The third-order valence-electron chi connectivity index (χ3n) is 4.94. The minimum absolute atomic E-state index is 0.0357. The Morgan fingerprint density at radius 1 is 0.794 bits per heavy atom. The normalized spacial score (nSPS) is 10.8. The zero-order valence-electron chi connectivity index (χ0n) is 19.2. The van der Waals surface area contributed by atoms with Crippen molar-refractivity contribution in [3.63, 3.8) is 0 Å². The molecule has 0 aliphatic carbocycles. The Morgan fingerprint density at radius 2 is 1.47 bits per heavy atom. The largest absolute Gasteiger partial charge is 0.497 e. The molecule has 0 aromatic heterocycles. The lowest BCUT2D eigenvalue weighted by Crippen LogP contribution is -2.23. The summed E-state index contributed by atoms with van der Waals surface area (Å²) in [6, 6.07) is 16.0. The molecule has 3 aromatic rings. The van der Waals surface area contributed by atoms with Gasteiger partial charge >= 0.3 is 0 Å². The van der Waals surface area contributed by atoms with Crippen molar-refractivity contribution in [1.82, 2.24) is 0 Å².